The van der Waals surface area contributed by atoms with Gasteiger partial charge in [-0.05, 0) is 69.6 Å². The van der Waals surface area contributed by atoms with Crippen LogP contribution in [0.2, 0.25) is 0 Å². The fourth-order valence-electron chi connectivity index (χ4n) is 4.37. The van der Waals surface area contributed by atoms with E-state index >= 15 is 0 Å². The number of hydrogen-bond donors (Lipinski definition) is 0. The maximum atomic E-state index is 13.4. The highest BCUT2D eigenvalue weighted by molar-refractivity contribution is 5.31. The topological polar surface area (TPSA) is 82.1 Å². The van der Waals surface area contributed by atoms with Crippen LogP contribution in [0.4, 0.5) is 13.2 Å². The van der Waals surface area contributed by atoms with Crippen LogP contribution < -0.4 is 4.74 Å². The molecule has 39 heavy (non-hydrogen) atoms. The van der Waals surface area contributed by atoms with Gasteiger partial charge in [0.2, 0.25) is 0 Å². The number of tetrazole rings is 1. The Morgan fingerprint density at radius 3 is 2.38 bits per heavy atom. The molecule has 1 unspecified atom stereocenters. The number of furan rings is 1. The summed E-state index contributed by atoms with van der Waals surface area (Å²) in [6.45, 7) is 1.11. The Kier molecular flexibility index (Phi) is 7.69. The number of alkyl halides is 3. The first-order chi connectivity index (χ1) is 18.9. The van der Waals surface area contributed by atoms with E-state index in [4.69, 9.17) is 9.15 Å². The van der Waals surface area contributed by atoms with Gasteiger partial charge in [0.1, 0.15) is 11.5 Å². The van der Waals surface area contributed by atoms with Crippen molar-refractivity contribution in [1.29, 1.82) is 0 Å². The molecule has 0 N–H and O–H groups in total. The number of benzene rings is 2. The summed E-state index contributed by atoms with van der Waals surface area (Å²) < 4.78 is 52.7. The Hall–Kier alpha value is -4.51. The second kappa shape index (κ2) is 11.5. The number of methoxy groups -OCH3 is 1. The molecule has 1 atom stereocenters. The number of aromatic nitrogens is 5. The standard InChI is InChI=1S/C28H25F3N6O2/c1-38-24-12-6-20(7-13-24)18-37-27(33-34-35-37)26(22-8-10-23(11-9-22)28(29,30)31)36(19-25-5-3-15-39-25)17-21-4-2-14-32-16-21/h2-16,26H,17-19H2,1H3. The molecule has 2 aromatic carbocycles. The molecule has 0 saturated carbocycles. The lowest BCUT2D eigenvalue weighted by Gasteiger charge is -2.31. The molecule has 0 aliphatic rings. The zero-order valence-corrected chi connectivity index (χ0v) is 21.0. The third-order valence-corrected chi connectivity index (χ3v) is 6.26. The molecule has 200 valence electrons. The van der Waals surface area contributed by atoms with Crippen molar-refractivity contribution in [1.82, 2.24) is 30.1 Å². The normalized spacial score (nSPS) is 12.5. The molecule has 0 spiro atoms. The Morgan fingerprint density at radius 2 is 1.74 bits per heavy atom. The lowest BCUT2D eigenvalue weighted by molar-refractivity contribution is -0.137. The minimum absolute atomic E-state index is 0.350. The van der Waals surface area contributed by atoms with Crippen LogP contribution >= 0.6 is 0 Å². The zero-order valence-electron chi connectivity index (χ0n) is 21.0. The summed E-state index contributed by atoms with van der Waals surface area (Å²) in [5.41, 5.74) is 1.72. The predicted molar refractivity (Wildman–Crippen MR) is 135 cm³/mol. The lowest BCUT2D eigenvalue weighted by Crippen LogP contribution is -2.31. The van der Waals surface area contributed by atoms with E-state index < -0.39 is 17.8 Å². The monoisotopic (exact) mass is 534 g/mol. The van der Waals surface area contributed by atoms with E-state index in [1.165, 1.54) is 12.1 Å². The number of halogens is 3. The summed E-state index contributed by atoms with van der Waals surface area (Å²) in [6.07, 6.45) is 0.564. The van der Waals surface area contributed by atoms with Crippen molar-refractivity contribution in [3.05, 3.63) is 125 Å². The second-order valence-electron chi connectivity index (χ2n) is 8.91. The predicted octanol–water partition coefficient (Wildman–Crippen LogP) is 5.53. The van der Waals surface area contributed by atoms with Crippen LogP contribution in [0.3, 0.4) is 0 Å². The number of hydrogen-bond acceptors (Lipinski definition) is 7. The van der Waals surface area contributed by atoms with Crippen LogP contribution in [0.5, 0.6) is 5.75 Å². The summed E-state index contributed by atoms with van der Waals surface area (Å²) in [7, 11) is 1.60. The molecular formula is C28H25F3N6O2. The third-order valence-electron chi connectivity index (χ3n) is 6.26. The Morgan fingerprint density at radius 1 is 0.949 bits per heavy atom. The Bertz CT molecular complexity index is 1450. The molecule has 0 aliphatic heterocycles. The highest BCUT2D eigenvalue weighted by atomic mass is 19.4. The summed E-state index contributed by atoms with van der Waals surface area (Å²) in [4.78, 5) is 6.28. The average molecular weight is 535 g/mol. The van der Waals surface area contributed by atoms with E-state index in [0.717, 1.165) is 29.0 Å². The molecule has 0 aliphatic carbocycles. The molecule has 8 nitrogen and oxygen atoms in total. The first kappa shape index (κ1) is 26.1. The van der Waals surface area contributed by atoms with Gasteiger partial charge in [-0.2, -0.15) is 13.2 Å². The average Bonchev–Trinajstić information content (AvgIpc) is 3.62. The smallest absolute Gasteiger partial charge is 0.416 e. The van der Waals surface area contributed by atoms with Gasteiger partial charge in [-0.25, -0.2) is 4.68 Å². The van der Waals surface area contributed by atoms with Crippen LogP contribution in [0.25, 0.3) is 0 Å². The summed E-state index contributed by atoms with van der Waals surface area (Å²) in [6, 6.07) is 19.4. The molecule has 5 aromatic rings. The number of ether oxygens (including phenoxy) is 1. The number of rotatable bonds is 10. The highest BCUT2D eigenvalue weighted by Gasteiger charge is 2.33. The van der Waals surface area contributed by atoms with Gasteiger partial charge in [0.15, 0.2) is 5.82 Å². The zero-order chi connectivity index (χ0) is 27.2. The molecule has 5 rings (SSSR count). The van der Waals surface area contributed by atoms with Crippen molar-refractivity contribution >= 4 is 0 Å². The van der Waals surface area contributed by atoms with Gasteiger partial charge in [-0.1, -0.05) is 30.3 Å². The van der Waals surface area contributed by atoms with Crippen molar-refractivity contribution in [2.45, 2.75) is 31.9 Å². The first-order valence-corrected chi connectivity index (χ1v) is 12.1. The molecule has 0 fully saturated rings. The van der Waals surface area contributed by atoms with Crippen LogP contribution in [0.15, 0.2) is 95.9 Å². The second-order valence-corrected chi connectivity index (χ2v) is 8.91. The number of nitrogens with zero attached hydrogens (tertiary/aromatic N) is 6. The fourth-order valence-corrected chi connectivity index (χ4v) is 4.37. The maximum absolute atomic E-state index is 13.4. The van der Waals surface area contributed by atoms with Gasteiger partial charge >= 0.3 is 6.18 Å². The van der Waals surface area contributed by atoms with Gasteiger partial charge in [0, 0.05) is 18.9 Å². The Balaban J connectivity index is 1.57. The van der Waals surface area contributed by atoms with Crippen LogP contribution in [-0.4, -0.2) is 37.2 Å². The van der Waals surface area contributed by atoms with Crippen LogP contribution in [0.1, 0.15) is 39.9 Å². The van der Waals surface area contributed by atoms with E-state index in [-0.39, 0.29) is 0 Å². The van der Waals surface area contributed by atoms with Crippen molar-refractivity contribution in [3.8, 4) is 5.75 Å². The van der Waals surface area contributed by atoms with Crippen molar-refractivity contribution in [2.24, 2.45) is 0 Å². The quantitative estimate of drug-likeness (QED) is 0.233. The summed E-state index contributed by atoms with van der Waals surface area (Å²) in [5, 5.41) is 12.5. The fraction of sp³-hybridized carbons (Fsp3) is 0.214. The molecule has 0 amide bonds. The van der Waals surface area contributed by atoms with Gasteiger partial charge in [-0.3, -0.25) is 9.88 Å². The van der Waals surface area contributed by atoms with E-state index in [1.54, 1.807) is 36.5 Å². The van der Waals surface area contributed by atoms with Gasteiger partial charge < -0.3 is 9.15 Å². The molecule has 3 aromatic heterocycles. The minimum atomic E-state index is -4.45. The molecule has 0 bridgehead atoms. The molecule has 0 radical (unpaired) electrons. The summed E-state index contributed by atoms with van der Waals surface area (Å²) >= 11 is 0. The van der Waals surface area contributed by atoms with Crippen molar-refractivity contribution in [3.63, 3.8) is 0 Å². The van der Waals surface area contributed by atoms with E-state index in [2.05, 4.69) is 25.4 Å². The lowest BCUT2D eigenvalue weighted by atomic mass is 10.0. The van der Waals surface area contributed by atoms with E-state index in [9.17, 15) is 13.2 Å². The highest BCUT2D eigenvalue weighted by Crippen LogP contribution is 2.34. The minimum Gasteiger partial charge on any atom is -0.497 e. The largest absolute Gasteiger partial charge is 0.497 e. The van der Waals surface area contributed by atoms with Crippen molar-refractivity contribution < 1.29 is 22.3 Å². The molecular weight excluding hydrogens is 509 g/mol. The third kappa shape index (κ3) is 6.32. The molecule has 0 saturated heterocycles. The number of pyridine rings is 1. The van der Waals surface area contributed by atoms with Crippen LogP contribution in [-0.2, 0) is 25.8 Å². The Labute approximate surface area is 222 Å². The van der Waals surface area contributed by atoms with Crippen molar-refractivity contribution in [2.75, 3.05) is 7.11 Å². The molecule has 3 heterocycles. The van der Waals surface area contributed by atoms with Gasteiger partial charge in [0.25, 0.3) is 0 Å². The maximum Gasteiger partial charge on any atom is 0.416 e. The van der Waals surface area contributed by atoms with E-state index in [1.807, 2.05) is 42.5 Å². The summed E-state index contributed by atoms with van der Waals surface area (Å²) in [5.74, 6) is 1.88. The van der Waals surface area contributed by atoms with E-state index in [0.29, 0.717) is 36.8 Å². The SMILES string of the molecule is COc1ccc(Cn2nnnc2C(c2ccc(C(F)(F)F)cc2)N(Cc2cccnc2)Cc2ccco2)cc1. The van der Waals surface area contributed by atoms with Gasteiger partial charge in [-0.15, -0.1) is 5.10 Å². The van der Waals surface area contributed by atoms with Gasteiger partial charge in [0.05, 0.1) is 38.1 Å². The van der Waals surface area contributed by atoms with Crippen LogP contribution in [0, 0.1) is 0 Å². The first-order valence-electron chi connectivity index (χ1n) is 12.1. The molecule has 11 heteroatoms.